The van der Waals surface area contributed by atoms with Gasteiger partial charge in [0.2, 0.25) is 0 Å². The van der Waals surface area contributed by atoms with E-state index in [-0.39, 0.29) is 6.61 Å². The molecule has 0 saturated heterocycles. The lowest BCUT2D eigenvalue weighted by molar-refractivity contribution is -0.144. The van der Waals surface area contributed by atoms with E-state index in [2.05, 4.69) is 10.2 Å². The molecule has 0 spiro atoms. The molecular formula is C11H19N3O4. The number of hydrogen-bond donors (Lipinski definition) is 3. The number of hydrogen-bond acceptors (Lipinski definition) is 5. The fourth-order valence-electron chi connectivity index (χ4n) is 1.87. The number of carbonyl (C=O) groups is 1. The number of aliphatic hydroxyl groups excluding tert-OH is 2. The lowest BCUT2D eigenvalue weighted by Gasteiger charge is -2.19. The van der Waals surface area contributed by atoms with Gasteiger partial charge in [0.1, 0.15) is 11.6 Å². The number of aliphatic hydroxyl groups is 2. The molecular weight excluding hydrogens is 238 g/mol. The van der Waals surface area contributed by atoms with Crippen LogP contribution in [0.4, 0.5) is 0 Å². The molecule has 7 nitrogen and oxygen atoms in total. The van der Waals surface area contributed by atoms with E-state index in [1.165, 1.54) is 11.5 Å². The molecule has 1 rings (SSSR count). The highest BCUT2D eigenvalue weighted by molar-refractivity contribution is 5.72. The van der Waals surface area contributed by atoms with E-state index in [1.54, 1.807) is 6.92 Å². The van der Waals surface area contributed by atoms with Gasteiger partial charge in [-0.15, -0.1) is 10.2 Å². The zero-order chi connectivity index (χ0) is 13.7. The van der Waals surface area contributed by atoms with Crippen molar-refractivity contribution in [2.75, 3.05) is 6.61 Å². The molecule has 2 atom stereocenters. The average molecular weight is 257 g/mol. The van der Waals surface area contributed by atoms with Crippen LogP contribution >= 0.6 is 0 Å². The first-order valence-corrected chi connectivity index (χ1v) is 5.91. The van der Waals surface area contributed by atoms with Crippen molar-refractivity contribution in [2.45, 2.75) is 45.3 Å². The van der Waals surface area contributed by atoms with Crippen LogP contribution in [-0.2, 0) is 11.2 Å². The first-order valence-electron chi connectivity index (χ1n) is 5.91. The van der Waals surface area contributed by atoms with Crippen LogP contribution in [0.1, 0.15) is 37.5 Å². The van der Waals surface area contributed by atoms with E-state index in [1.807, 2.05) is 0 Å². The molecule has 0 saturated carbocycles. The van der Waals surface area contributed by atoms with Gasteiger partial charge in [0.05, 0.1) is 6.10 Å². The van der Waals surface area contributed by atoms with Crippen LogP contribution in [0.15, 0.2) is 0 Å². The summed E-state index contributed by atoms with van der Waals surface area (Å²) in [4.78, 5) is 11.2. The Balaban J connectivity index is 2.97. The highest BCUT2D eigenvalue weighted by Crippen LogP contribution is 2.18. The van der Waals surface area contributed by atoms with Gasteiger partial charge in [-0.1, -0.05) is 0 Å². The Kier molecular flexibility index (Phi) is 5.24. The van der Waals surface area contributed by atoms with Crippen LogP contribution in [0.5, 0.6) is 0 Å². The number of nitrogens with zero attached hydrogens (tertiary/aromatic N) is 3. The predicted octanol–water partition coefficient (Wildman–Crippen LogP) is -0.0920. The van der Waals surface area contributed by atoms with Crippen molar-refractivity contribution >= 4 is 5.97 Å². The van der Waals surface area contributed by atoms with Gasteiger partial charge in [0.25, 0.3) is 0 Å². The highest BCUT2D eigenvalue weighted by atomic mass is 16.4. The van der Waals surface area contributed by atoms with Gasteiger partial charge in [0, 0.05) is 13.0 Å². The number of carboxylic acid groups (broad SMARTS) is 1. The maximum atomic E-state index is 11.2. The molecule has 1 aromatic rings. The Morgan fingerprint density at radius 3 is 2.56 bits per heavy atom. The zero-order valence-corrected chi connectivity index (χ0v) is 10.6. The summed E-state index contributed by atoms with van der Waals surface area (Å²) < 4.78 is 1.45. The molecule has 0 aliphatic rings. The van der Waals surface area contributed by atoms with E-state index in [0.717, 1.165) is 0 Å². The highest BCUT2D eigenvalue weighted by Gasteiger charge is 2.29. The Morgan fingerprint density at radius 1 is 1.39 bits per heavy atom. The van der Waals surface area contributed by atoms with Gasteiger partial charge >= 0.3 is 5.97 Å². The molecule has 3 N–H and O–H groups in total. The largest absolute Gasteiger partial charge is 0.480 e. The van der Waals surface area contributed by atoms with Crippen LogP contribution in [0.2, 0.25) is 0 Å². The maximum absolute atomic E-state index is 11.2. The summed E-state index contributed by atoms with van der Waals surface area (Å²) in [5.41, 5.74) is 0. The first-order chi connectivity index (χ1) is 8.49. The van der Waals surface area contributed by atoms with Crippen molar-refractivity contribution in [3.8, 4) is 0 Å². The molecule has 0 bridgehead atoms. The summed E-state index contributed by atoms with van der Waals surface area (Å²) in [6.45, 7) is 3.17. The molecule has 0 fully saturated rings. The SMILES string of the molecule is Cc1nnc(CCCCO)n1C(C(=O)O)C(C)O. The van der Waals surface area contributed by atoms with Crippen LogP contribution < -0.4 is 0 Å². The lowest BCUT2D eigenvalue weighted by atomic mass is 10.1. The fourth-order valence-corrected chi connectivity index (χ4v) is 1.87. The van der Waals surface area contributed by atoms with Gasteiger partial charge in [-0.05, 0) is 26.7 Å². The molecule has 0 aliphatic carbocycles. The number of rotatable bonds is 7. The quantitative estimate of drug-likeness (QED) is 0.589. The van der Waals surface area contributed by atoms with Crippen molar-refractivity contribution < 1.29 is 20.1 Å². The molecule has 102 valence electrons. The van der Waals surface area contributed by atoms with E-state index < -0.39 is 18.1 Å². The number of aliphatic carboxylic acids is 1. The van der Waals surface area contributed by atoms with Crippen molar-refractivity contribution in [3.05, 3.63) is 11.6 Å². The predicted molar refractivity (Wildman–Crippen MR) is 63.1 cm³/mol. The molecule has 1 aromatic heterocycles. The van der Waals surface area contributed by atoms with Crippen LogP contribution in [0.3, 0.4) is 0 Å². The van der Waals surface area contributed by atoms with E-state index in [0.29, 0.717) is 30.9 Å². The van der Waals surface area contributed by atoms with Gasteiger partial charge in [-0.2, -0.15) is 0 Å². The third-order valence-electron chi connectivity index (χ3n) is 2.73. The Morgan fingerprint density at radius 2 is 2.06 bits per heavy atom. The van der Waals surface area contributed by atoms with Crippen molar-refractivity contribution in [1.29, 1.82) is 0 Å². The topological polar surface area (TPSA) is 108 Å². The van der Waals surface area contributed by atoms with Crippen LogP contribution in [-0.4, -0.2) is 48.8 Å². The van der Waals surface area contributed by atoms with Gasteiger partial charge in [-0.25, -0.2) is 4.79 Å². The average Bonchev–Trinajstić information content (AvgIpc) is 2.61. The van der Waals surface area contributed by atoms with Crippen LogP contribution in [0, 0.1) is 6.92 Å². The normalized spacial score (nSPS) is 14.4. The molecule has 7 heteroatoms. The number of carboxylic acids is 1. The Labute approximate surface area is 105 Å². The molecule has 2 unspecified atom stereocenters. The Bertz CT molecular complexity index is 403. The van der Waals surface area contributed by atoms with Crippen LogP contribution in [0.25, 0.3) is 0 Å². The summed E-state index contributed by atoms with van der Waals surface area (Å²) >= 11 is 0. The van der Waals surface area contributed by atoms with E-state index in [9.17, 15) is 9.90 Å². The third kappa shape index (κ3) is 3.27. The minimum Gasteiger partial charge on any atom is -0.480 e. The smallest absolute Gasteiger partial charge is 0.329 e. The van der Waals surface area contributed by atoms with E-state index >= 15 is 0 Å². The van der Waals surface area contributed by atoms with Crippen molar-refractivity contribution in [2.24, 2.45) is 0 Å². The number of unbranched alkanes of at least 4 members (excludes halogenated alkanes) is 1. The van der Waals surface area contributed by atoms with E-state index in [4.69, 9.17) is 10.2 Å². The molecule has 18 heavy (non-hydrogen) atoms. The third-order valence-corrected chi connectivity index (χ3v) is 2.73. The van der Waals surface area contributed by atoms with Gasteiger partial charge < -0.3 is 15.3 Å². The summed E-state index contributed by atoms with van der Waals surface area (Å²) in [6, 6.07) is -1.08. The Hall–Kier alpha value is -1.47. The minimum atomic E-state index is -1.11. The minimum absolute atomic E-state index is 0.0892. The summed E-state index contributed by atoms with van der Waals surface area (Å²) in [5, 5.41) is 35.3. The monoisotopic (exact) mass is 257 g/mol. The fraction of sp³-hybridized carbons (Fsp3) is 0.727. The number of aromatic nitrogens is 3. The molecule has 0 aromatic carbocycles. The molecule has 1 heterocycles. The molecule has 0 radical (unpaired) electrons. The molecule has 0 amide bonds. The second-order valence-electron chi connectivity index (χ2n) is 4.24. The summed E-state index contributed by atoms with van der Waals surface area (Å²) in [7, 11) is 0. The van der Waals surface area contributed by atoms with Crippen molar-refractivity contribution in [3.63, 3.8) is 0 Å². The number of aryl methyl sites for hydroxylation is 2. The van der Waals surface area contributed by atoms with Crippen molar-refractivity contribution in [1.82, 2.24) is 14.8 Å². The van der Waals surface area contributed by atoms with Gasteiger partial charge in [-0.3, -0.25) is 4.57 Å². The maximum Gasteiger partial charge on any atom is 0.329 e. The lowest BCUT2D eigenvalue weighted by Crippen LogP contribution is -2.31. The standard InChI is InChI=1S/C11H19N3O4/c1-7(16)10(11(17)18)14-8(2)12-13-9(14)5-3-4-6-15/h7,10,15-16H,3-6H2,1-2H3,(H,17,18). The summed E-state index contributed by atoms with van der Waals surface area (Å²) in [6.07, 6.45) is 0.811. The summed E-state index contributed by atoms with van der Waals surface area (Å²) in [5.74, 6) is -0.132. The zero-order valence-electron chi connectivity index (χ0n) is 10.6. The second kappa shape index (κ2) is 6.46. The molecule has 0 aliphatic heterocycles. The second-order valence-corrected chi connectivity index (χ2v) is 4.24. The first kappa shape index (κ1) is 14.6. The van der Waals surface area contributed by atoms with Gasteiger partial charge in [0.15, 0.2) is 6.04 Å².